The van der Waals surface area contributed by atoms with Gasteiger partial charge in [0.15, 0.2) is 0 Å². The molecule has 0 aliphatic carbocycles. The zero-order valence-corrected chi connectivity index (χ0v) is 11.5. The second-order valence-electron chi connectivity index (χ2n) is 4.45. The Balaban J connectivity index is 2.27. The van der Waals surface area contributed by atoms with Crippen molar-refractivity contribution in [2.24, 2.45) is 0 Å². The van der Waals surface area contributed by atoms with Crippen LogP contribution in [0.2, 0.25) is 0 Å². The summed E-state index contributed by atoms with van der Waals surface area (Å²) in [5.74, 6) is -2.16. The lowest BCUT2D eigenvalue weighted by Gasteiger charge is -2.20. The van der Waals surface area contributed by atoms with E-state index in [-0.39, 0.29) is 0 Å². The molecule has 1 saturated heterocycles. The topological polar surface area (TPSA) is 20.3 Å². The first-order valence-corrected chi connectivity index (χ1v) is 6.82. The van der Waals surface area contributed by atoms with Crippen molar-refractivity contribution in [3.63, 3.8) is 0 Å². The van der Waals surface area contributed by atoms with Gasteiger partial charge >= 0.3 is 0 Å². The molecule has 0 radical (unpaired) electrons. The fraction of sp³-hybridized carbons (Fsp3) is 0.462. The molecule has 0 saturated carbocycles. The molecule has 0 spiro atoms. The number of likely N-dealkylation sites (tertiary alicyclic amines) is 1. The number of hydrogen-bond donors (Lipinski definition) is 0. The summed E-state index contributed by atoms with van der Waals surface area (Å²) in [6.07, 6.45) is 3.92. The number of amides is 1. The van der Waals surface area contributed by atoms with Gasteiger partial charge in [-0.1, -0.05) is 28.8 Å². The maximum Gasteiger partial charge on any atom is 0.259 e. The first kappa shape index (κ1) is 13.5. The summed E-state index contributed by atoms with van der Waals surface area (Å²) < 4.78 is 27.7. The van der Waals surface area contributed by atoms with E-state index in [4.69, 9.17) is 0 Å². The number of benzene rings is 1. The Morgan fingerprint density at radius 1 is 1.06 bits per heavy atom. The zero-order chi connectivity index (χ0) is 13.1. The third kappa shape index (κ3) is 2.88. The first-order valence-electron chi connectivity index (χ1n) is 6.03. The number of hydrogen-bond acceptors (Lipinski definition) is 1. The zero-order valence-electron chi connectivity index (χ0n) is 9.89. The lowest BCUT2D eigenvalue weighted by Crippen LogP contribution is -2.33. The van der Waals surface area contributed by atoms with Gasteiger partial charge in [-0.05, 0) is 25.0 Å². The first-order chi connectivity index (χ1) is 8.59. The number of halogens is 3. The predicted octanol–water partition coefficient (Wildman–Crippen LogP) is 3.74. The van der Waals surface area contributed by atoms with E-state index in [1.54, 1.807) is 4.90 Å². The second kappa shape index (κ2) is 5.78. The largest absolute Gasteiger partial charge is 0.338 e. The molecule has 0 bridgehead atoms. The van der Waals surface area contributed by atoms with E-state index in [1.807, 2.05) is 0 Å². The molecule has 1 aliphatic heterocycles. The van der Waals surface area contributed by atoms with Crippen LogP contribution < -0.4 is 0 Å². The summed E-state index contributed by atoms with van der Waals surface area (Å²) >= 11 is 3.00. The van der Waals surface area contributed by atoms with Crippen LogP contribution in [-0.4, -0.2) is 23.9 Å². The summed E-state index contributed by atoms with van der Waals surface area (Å²) in [6, 6.07) is 2.24. The third-order valence-corrected chi connectivity index (χ3v) is 3.57. The van der Waals surface area contributed by atoms with Gasteiger partial charge in [-0.25, -0.2) is 8.78 Å². The van der Waals surface area contributed by atoms with Crippen LogP contribution in [0.1, 0.15) is 36.0 Å². The summed E-state index contributed by atoms with van der Waals surface area (Å²) in [5, 5.41) is 0. The number of carbonyl (C=O) groups is 1. The van der Waals surface area contributed by atoms with E-state index in [9.17, 15) is 13.6 Å². The van der Waals surface area contributed by atoms with Gasteiger partial charge in [0.1, 0.15) is 17.2 Å². The van der Waals surface area contributed by atoms with E-state index >= 15 is 0 Å². The minimum Gasteiger partial charge on any atom is -0.338 e. The highest BCUT2D eigenvalue weighted by atomic mass is 79.9. The smallest absolute Gasteiger partial charge is 0.259 e. The van der Waals surface area contributed by atoms with Crippen molar-refractivity contribution in [2.75, 3.05) is 13.1 Å². The molecule has 18 heavy (non-hydrogen) atoms. The standard InChI is InChI=1S/C13H14BrF2NO/c14-9-7-10(15)12(11(16)8-9)13(18)17-5-3-1-2-4-6-17/h7-8H,1-6H2. The highest BCUT2D eigenvalue weighted by Gasteiger charge is 2.24. The Hall–Kier alpha value is -0.970. The van der Waals surface area contributed by atoms with E-state index in [2.05, 4.69) is 15.9 Å². The van der Waals surface area contributed by atoms with E-state index in [1.165, 1.54) is 0 Å². The highest BCUT2D eigenvalue weighted by Crippen LogP contribution is 2.22. The van der Waals surface area contributed by atoms with Crippen molar-refractivity contribution < 1.29 is 13.6 Å². The minimum absolute atomic E-state index is 0.296. The van der Waals surface area contributed by atoms with Crippen LogP contribution in [0.25, 0.3) is 0 Å². The fourth-order valence-corrected chi connectivity index (χ4v) is 2.58. The second-order valence-corrected chi connectivity index (χ2v) is 5.37. The lowest BCUT2D eigenvalue weighted by molar-refractivity contribution is 0.0752. The number of carbonyl (C=O) groups excluding carboxylic acids is 1. The summed E-state index contributed by atoms with van der Waals surface area (Å²) in [5.41, 5.74) is -0.444. The van der Waals surface area contributed by atoms with E-state index in [0.717, 1.165) is 37.8 Å². The molecule has 2 rings (SSSR count). The Kier molecular flexibility index (Phi) is 4.32. The lowest BCUT2D eigenvalue weighted by atomic mass is 10.1. The normalized spacial score (nSPS) is 16.5. The van der Waals surface area contributed by atoms with Gasteiger partial charge in [-0.2, -0.15) is 0 Å². The Bertz CT molecular complexity index is 433. The molecule has 0 unspecified atom stereocenters. The number of rotatable bonds is 1. The average molecular weight is 318 g/mol. The average Bonchev–Trinajstić information content (AvgIpc) is 2.55. The Morgan fingerprint density at radius 2 is 1.56 bits per heavy atom. The minimum atomic E-state index is -0.809. The molecule has 2 nitrogen and oxygen atoms in total. The van der Waals surface area contributed by atoms with Crippen LogP contribution in [0.3, 0.4) is 0 Å². The van der Waals surface area contributed by atoms with Gasteiger partial charge < -0.3 is 4.90 Å². The Labute approximate surface area is 113 Å². The highest BCUT2D eigenvalue weighted by molar-refractivity contribution is 9.10. The summed E-state index contributed by atoms with van der Waals surface area (Å²) in [7, 11) is 0. The van der Waals surface area contributed by atoms with Crippen LogP contribution in [-0.2, 0) is 0 Å². The van der Waals surface area contributed by atoms with Crippen molar-refractivity contribution in [2.45, 2.75) is 25.7 Å². The van der Waals surface area contributed by atoms with Crippen LogP contribution >= 0.6 is 15.9 Å². The SMILES string of the molecule is O=C(c1c(F)cc(Br)cc1F)N1CCCCCC1. The molecule has 1 aliphatic rings. The van der Waals surface area contributed by atoms with Crippen LogP contribution in [0.15, 0.2) is 16.6 Å². The van der Waals surface area contributed by atoms with E-state index < -0.39 is 23.1 Å². The molecule has 0 N–H and O–H groups in total. The fourth-order valence-electron chi connectivity index (χ4n) is 2.18. The van der Waals surface area contributed by atoms with Crippen molar-refractivity contribution in [3.05, 3.63) is 33.8 Å². The molecule has 1 fully saturated rings. The van der Waals surface area contributed by atoms with Crippen LogP contribution in [0.5, 0.6) is 0 Å². The van der Waals surface area contributed by atoms with E-state index in [0.29, 0.717) is 17.6 Å². The van der Waals surface area contributed by atoms with Gasteiger partial charge in [0, 0.05) is 17.6 Å². The molecule has 98 valence electrons. The molecule has 1 aromatic carbocycles. The van der Waals surface area contributed by atoms with Gasteiger partial charge in [0.2, 0.25) is 0 Å². The molecule has 0 aromatic heterocycles. The van der Waals surface area contributed by atoms with Gasteiger partial charge in [0.25, 0.3) is 5.91 Å². The Morgan fingerprint density at radius 3 is 2.06 bits per heavy atom. The quantitative estimate of drug-likeness (QED) is 0.772. The third-order valence-electron chi connectivity index (χ3n) is 3.11. The molecule has 0 atom stereocenters. The maximum absolute atomic E-state index is 13.7. The molecule has 1 amide bonds. The maximum atomic E-state index is 13.7. The van der Waals surface area contributed by atoms with Gasteiger partial charge in [-0.15, -0.1) is 0 Å². The molecule has 1 heterocycles. The van der Waals surface area contributed by atoms with Gasteiger partial charge in [-0.3, -0.25) is 4.79 Å². The molecular weight excluding hydrogens is 304 g/mol. The molecule has 1 aromatic rings. The summed E-state index contributed by atoms with van der Waals surface area (Å²) in [6.45, 7) is 1.15. The number of nitrogens with zero attached hydrogens (tertiary/aromatic N) is 1. The summed E-state index contributed by atoms with van der Waals surface area (Å²) in [4.78, 5) is 13.7. The molecule has 5 heteroatoms. The van der Waals surface area contributed by atoms with Crippen LogP contribution in [0.4, 0.5) is 8.78 Å². The van der Waals surface area contributed by atoms with Crippen molar-refractivity contribution in [3.8, 4) is 0 Å². The van der Waals surface area contributed by atoms with Crippen molar-refractivity contribution >= 4 is 21.8 Å². The predicted molar refractivity (Wildman–Crippen MR) is 68.4 cm³/mol. The van der Waals surface area contributed by atoms with Gasteiger partial charge in [0.05, 0.1) is 0 Å². The monoisotopic (exact) mass is 317 g/mol. The van der Waals surface area contributed by atoms with Crippen molar-refractivity contribution in [1.82, 2.24) is 4.90 Å². The van der Waals surface area contributed by atoms with Crippen molar-refractivity contribution in [1.29, 1.82) is 0 Å². The van der Waals surface area contributed by atoms with Crippen LogP contribution in [0, 0.1) is 11.6 Å². The molecular formula is C13H14BrF2NO.